The molecule has 0 aliphatic rings. The molecule has 0 fully saturated rings. The van der Waals surface area contributed by atoms with E-state index < -0.39 is 0 Å². The van der Waals surface area contributed by atoms with Gasteiger partial charge in [0, 0.05) is 18.3 Å². The summed E-state index contributed by atoms with van der Waals surface area (Å²) in [5.41, 5.74) is 7.78. The second kappa shape index (κ2) is 7.23. The number of aryl methyl sites for hydroxylation is 1. The summed E-state index contributed by atoms with van der Waals surface area (Å²) in [6.07, 6.45) is 4.42. The smallest absolute Gasteiger partial charge is 0.213 e. The molecule has 0 aliphatic carbocycles. The molecule has 1 rings (SSSR count). The first-order valence-corrected chi connectivity index (χ1v) is 6.12. The maximum atomic E-state index is 5.64. The fourth-order valence-corrected chi connectivity index (χ4v) is 1.52. The third-order valence-corrected chi connectivity index (χ3v) is 2.51. The molecular weight excluding hydrogens is 200 g/mol. The number of hydrogen-bond acceptors (Lipinski definition) is 3. The Labute approximate surface area is 98.0 Å². The number of nitrogens with zero attached hydrogens (tertiary/aromatic N) is 1. The molecule has 0 amide bonds. The monoisotopic (exact) mass is 222 g/mol. The van der Waals surface area contributed by atoms with Crippen molar-refractivity contribution in [3.63, 3.8) is 0 Å². The molecule has 1 aromatic heterocycles. The van der Waals surface area contributed by atoms with Crippen LogP contribution >= 0.6 is 0 Å². The maximum Gasteiger partial charge on any atom is 0.213 e. The average molecular weight is 222 g/mol. The van der Waals surface area contributed by atoms with Crippen molar-refractivity contribution >= 4 is 0 Å². The Kier molecular flexibility index (Phi) is 5.86. The molecule has 2 N–H and O–H groups in total. The van der Waals surface area contributed by atoms with Gasteiger partial charge in [0.25, 0.3) is 0 Å². The second-order valence-electron chi connectivity index (χ2n) is 3.92. The Morgan fingerprint density at radius 2 is 2.06 bits per heavy atom. The van der Waals surface area contributed by atoms with Crippen LogP contribution in [-0.4, -0.2) is 11.6 Å². The van der Waals surface area contributed by atoms with Crippen molar-refractivity contribution in [3.05, 3.63) is 23.4 Å². The molecule has 0 unspecified atom stereocenters. The quantitative estimate of drug-likeness (QED) is 0.721. The van der Waals surface area contributed by atoms with E-state index >= 15 is 0 Å². The van der Waals surface area contributed by atoms with E-state index in [1.165, 1.54) is 12.8 Å². The molecule has 3 heteroatoms. The number of hydrogen-bond donors (Lipinski definition) is 1. The minimum Gasteiger partial charge on any atom is -0.478 e. The van der Waals surface area contributed by atoms with E-state index in [-0.39, 0.29) is 0 Å². The standard InChI is InChI=1S/C13H22N2O/c1-3-5-6-7-16-13-9-11(10-14)8-12(4-2)15-13/h8-9H,3-7,10,14H2,1-2H3. The minimum absolute atomic E-state index is 0.542. The van der Waals surface area contributed by atoms with Crippen molar-refractivity contribution < 1.29 is 4.74 Å². The van der Waals surface area contributed by atoms with Gasteiger partial charge in [0.05, 0.1) is 6.61 Å². The third kappa shape index (κ3) is 4.19. The van der Waals surface area contributed by atoms with Gasteiger partial charge in [-0.3, -0.25) is 0 Å². The van der Waals surface area contributed by atoms with Crippen molar-refractivity contribution in [1.29, 1.82) is 0 Å². The predicted octanol–water partition coefficient (Wildman–Crippen LogP) is 2.67. The molecule has 0 bridgehead atoms. The lowest BCUT2D eigenvalue weighted by molar-refractivity contribution is 0.294. The first-order valence-electron chi connectivity index (χ1n) is 6.12. The predicted molar refractivity (Wildman–Crippen MR) is 66.5 cm³/mol. The lowest BCUT2D eigenvalue weighted by Crippen LogP contribution is -2.04. The fraction of sp³-hybridized carbons (Fsp3) is 0.615. The molecule has 1 aromatic rings. The second-order valence-corrected chi connectivity index (χ2v) is 3.92. The summed E-state index contributed by atoms with van der Waals surface area (Å²) in [7, 11) is 0. The maximum absolute atomic E-state index is 5.64. The minimum atomic E-state index is 0.542. The number of rotatable bonds is 7. The highest BCUT2D eigenvalue weighted by Gasteiger charge is 2.01. The summed E-state index contributed by atoms with van der Waals surface area (Å²) < 4.78 is 5.63. The average Bonchev–Trinajstić information content (AvgIpc) is 2.34. The van der Waals surface area contributed by atoms with Crippen LogP contribution in [0.1, 0.15) is 44.4 Å². The lowest BCUT2D eigenvalue weighted by atomic mass is 10.2. The normalized spacial score (nSPS) is 10.4. The third-order valence-electron chi connectivity index (χ3n) is 2.51. The van der Waals surface area contributed by atoms with Gasteiger partial charge in [-0.15, -0.1) is 0 Å². The topological polar surface area (TPSA) is 48.1 Å². The van der Waals surface area contributed by atoms with Gasteiger partial charge in [-0.1, -0.05) is 26.7 Å². The first kappa shape index (κ1) is 13.0. The number of nitrogens with two attached hydrogens (primary N) is 1. The Morgan fingerprint density at radius 1 is 1.25 bits per heavy atom. The van der Waals surface area contributed by atoms with Crippen LogP contribution in [0.15, 0.2) is 12.1 Å². The molecule has 0 radical (unpaired) electrons. The molecule has 1 heterocycles. The highest BCUT2D eigenvalue weighted by Crippen LogP contribution is 2.13. The number of ether oxygens (including phenoxy) is 1. The molecule has 3 nitrogen and oxygen atoms in total. The zero-order valence-electron chi connectivity index (χ0n) is 10.3. The van der Waals surface area contributed by atoms with Crippen molar-refractivity contribution in [3.8, 4) is 5.88 Å². The Morgan fingerprint density at radius 3 is 2.69 bits per heavy atom. The molecule has 90 valence electrons. The zero-order valence-corrected chi connectivity index (χ0v) is 10.3. The van der Waals surface area contributed by atoms with E-state index in [1.54, 1.807) is 0 Å². The fourth-order valence-electron chi connectivity index (χ4n) is 1.52. The van der Waals surface area contributed by atoms with Crippen LogP contribution in [0.3, 0.4) is 0 Å². The molecule has 0 spiro atoms. The summed E-state index contributed by atoms with van der Waals surface area (Å²) in [4.78, 5) is 4.42. The van der Waals surface area contributed by atoms with Gasteiger partial charge in [-0.25, -0.2) is 4.98 Å². The van der Waals surface area contributed by atoms with Crippen molar-refractivity contribution in [2.45, 2.75) is 46.1 Å². The van der Waals surface area contributed by atoms with Crippen molar-refractivity contribution in [2.75, 3.05) is 6.61 Å². The molecule has 0 atom stereocenters. The van der Waals surface area contributed by atoms with Gasteiger partial charge in [-0.2, -0.15) is 0 Å². The summed E-state index contributed by atoms with van der Waals surface area (Å²) in [6.45, 7) is 5.56. The number of aromatic nitrogens is 1. The summed E-state index contributed by atoms with van der Waals surface area (Å²) in [5.74, 6) is 0.718. The van der Waals surface area contributed by atoms with Crippen LogP contribution in [0.4, 0.5) is 0 Å². The van der Waals surface area contributed by atoms with E-state index in [0.29, 0.717) is 6.54 Å². The van der Waals surface area contributed by atoms with E-state index in [9.17, 15) is 0 Å². The van der Waals surface area contributed by atoms with Crippen LogP contribution in [0.5, 0.6) is 5.88 Å². The van der Waals surface area contributed by atoms with Gasteiger partial charge in [0.2, 0.25) is 5.88 Å². The Hall–Kier alpha value is -1.09. The Bertz CT molecular complexity index is 291. The zero-order chi connectivity index (χ0) is 11.8. The van der Waals surface area contributed by atoms with E-state index in [2.05, 4.69) is 18.8 Å². The summed E-state index contributed by atoms with van der Waals surface area (Å²) in [6, 6.07) is 3.98. The van der Waals surface area contributed by atoms with Crippen LogP contribution in [-0.2, 0) is 13.0 Å². The lowest BCUT2D eigenvalue weighted by Gasteiger charge is -2.08. The summed E-state index contributed by atoms with van der Waals surface area (Å²) >= 11 is 0. The van der Waals surface area contributed by atoms with Gasteiger partial charge in [0.1, 0.15) is 0 Å². The van der Waals surface area contributed by atoms with E-state index in [0.717, 1.165) is 36.6 Å². The van der Waals surface area contributed by atoms with Crippen LogP contribution < -0.4 is 10.5 Å². The van der Waals surface area contributed by atoms with E-state index in [1.807, 2.05) is 12.1 Å². The largest absolute Gasteiger partial charge is 0.478 e. The Balaban J connectivity index is 2.57. The van der Waals surface area contributed by atoms with Crippen LogP contribution in [0, 0.1) is 0 Å². The van der Waals surface area contributed by atoms with Gasteiger partial charge >= 0.3 is 0 Å². The highest BCUT2D eigenvalue weighted by molar-refractivity contribution is 5.25. The SMILES string of the molecule is CCCCCOc1cc(CN)cc(CC)n1. The molecule has 0 aliphatic heterocycles. The summed E-state index contributed by atoms with van der Waals surface area (Å²) in [5, 5.41) is 0. The molecule has 0 aromatic carbocycles. The molecular formula is C13H22N2O. The molecule has 0 saturated heterocycles. The first-order chi connectivity index (χ1) is 7.80. The number of pyridine rings is 1. The van der Waals surface area contributed by atoms with Crippen LogP contribution in [0.2, 0.25) is 0 Å². The molecule has 16 heavy (non-hydrogen) atoms. The molecule has 0 saturated carbocycles. The number of unbranched alkanes of at least 4 members (excludes halogenated alkanes) is 2. The highest BCUT2D eigenvalue weighted by atomic mass is 16.5. The van der Waals surface area contributed by atoms with E-state index in [4.69, 9.17) is 10.5 Å². The van der Waals surface area contributed by atoms with Crippen molar-refractivity contribution in [2.24, 2.45) is 5.73 Å². The van der Waals surface area contributed by atoms with Gasteiger partial charge < -0.3 is 10.5 Å². The van der Waals surface area contributed by atoms with Gasteiger partial charge in [0.15, 0.2) is 0 Å². The van der Waals surface area contributed by atoms with Crippen molar-refractivity contribution in [1.82, 2.24) is 4.98 Å². The van der Waals surface area contributed by atoms with Gasteiger partial charge in [-0.05, 0) is 24.5 Å². The van der Waals surface area contributed by atoms with Crippen LogP contribution in [0.25, 0.3) is 0 Å².